The third kappa shape index (κ3) is 3.09. The van der Waals surface area contributed by atoms with Crippen molar-refractivity contribution in [3.63, 3.8) is 0 Å². The molecule has 1 aromatic carbocycles. The molecule has 0 aliphatic carbocycles. The van der Waals surface area contributed by atoms with Gasteiger partial charge in [0.05, 0.1) is 4.92 Å². The van der Waals surface area contributed by atoms with E-state index in [1.165, 1.54) is 28.6 Å². The molecule has 1 atom stereocenters. The number of piperazine rings is 1. The van der Waals surface area contributed by atoms with Crippen molar-refractivity contribution in [3.8, 4) is 0 Å². The van der Waals surface area contributed by atoms with Gasteiger partial charge in [-0.15, -0.1) is 12.4 Å². The fraction of sp³-hybridized carbons (Fsp3) is 0.455. The number of benzene rings is 1. The molecule has 1 fully saturated rings. The largest absolute Gasteiger partial charge is 0.314 e. The predicted octanol–water partition coefficient (Wildman–Crippen LogP) is 0.999. The van der Waals surface area contributed by atoms with Gasteiger partial charge in [-0.2, -0.15) is 4.31 Å². The van der Waals surface area contributed by atoms with E-state index in [2.05, 4.69) is 5.32 Å². The van der Waals surface area contributed by atoms with E-state index >= 15 is 0 Å². The van der Waals surface area contributed by atoms with E-state index in [0.717, 1.165) is 0 Å². The highest BCUT2D eigenvalue weighted by atomic mass is 35.5. The molecule has 1 aromatic rings. The number of nitro groups is 1. The third-order valence-corrected chi connectivity index (χ3v) is 5.15. The van der Waals surface area contributed by atoms with Gasteiger partial charge in [0.15, 0.2) is 4.90 Å². The summed E-state index contributed by atoms with van der Waals surface area (Å²) in [5, 5.41) is 14.0. The second kappa shape index (κ2) is 6.49. The molecule has 0 unspecified atom stereocenters. The zero-order valence-corrected chi connectivity index (χ0v) is 12.5. The maximum atomic E-state index is 12.5. The van der Waals surface area contributed by atoms with Crippen LogP contribution in [0.3, 0.4) is 0 Å². The van der Waals surface area contributed by atoms with E-state index in [9.17, 15) is 18.5 Å². The molecule has 0 bridgehead atoms. The first-order chi connectivity index (χ1) is 8.94. The lowest BCUT2D eigenvalue weighted by atomic mass is 10.3. The van der Waals surface area contributed by atoms with Crippen molar-refractivity contribution in [2.24, 2.45) is 0 Å². The van der Waals surface area contributed by atoms with Gasteiger partial charge in [0.2, 0.25) is 10.0 Å². The Labute approximate surface area is 123 Å². The molecule has 1 heterocycles. The van der Waals surface area contributed by atoms with Gasteiger partial charge < -0.3 is 5.32 Å². The molecule has 20 heavy (non-hydrogen) atoms. The average Bonchev–Trinajstić information content (AvgIpc) is 2.39. The summed E-state index contributed by atoms with van der Waals surface area (Å²) in [4.78, 5) is 10.0. The molecule has 1 saturated heterocycles. The minimum atomic E-state index is -3.84. The summed E-state index contributed by atoms with van der Waals surface area (Å²) < 4.78 is 26.3. The van der Waals surface area contributed by atoms with Crippen molar-refractivity contribution in [1.82, 2.24) is 9.62 Å². The van der Waals surface area contributed by atoms with E-state index < -0.39 is 14.9 Å². The van der Waals surface area contributed by atoms with Crippen molar-refractivity contribution in [3.05, 3.63) is 34.4 Å². The Bertz CT molecular complexity index is 593. The SMILES string of the molecule is C[C@H]1CNCCN1S(=O)(=O)c1ccccc1[N+](=O)[O-].Cl. The van der Waals surface area contributed by atoms with Crippen molar-refractivity contribution < 1.29 is 13.3 Å². The first kappa shape index (κ1) is 16.8. The third-order valence-electron chi connectivity index (χ3n) is 3.09. The number of nitro benzene ring substituents is 1. The maximum Gasteiger partial charge on any atom is 0.289 e. The van der Waals surface area contributed by atoms with Gasteiger partial charge in [-0.1, -0.05) is 12.1 Å². The summed E-state index contributed by atoms with van der Waals surface area (Å²) in [6.07, 6.45) is 0. The predicted molar refractivity (Wildman–Crippen MR) is 76.6 cm³/mol. The van der Waals surface area contributed by atoms with E-state index in [1.807, 2.05) is 0 Å². The smallest absolute Gasteiger partial charge is 0.289 e. The van der Waals surface area contributed by atoms with Crippen LogP contribution in [0.25, 0.3) is 0 Å². The van der Waals surface area contributed by atoms with E-state index in [0.29, 0.717) is 19.6 Å². The minimum absolute atomic E-state index is 0. The molecule has 1 aliphatic heterocycles. The average molecular weight is 322 g/mol. The summed E-state index contributed by atoms with van der Waals surface area (Å²) >= 11 is 0. The number of nitrogens with zero attached hydrogens (tertiary/aromatic N) is 2. The van der Waals surface area contributed by atoms with Gasteiger partial charge in [0, 0.05) is 31.7 Å². The maximum absolute atomic E-state index is 12.5. The number of rotatable bonds is 3. The van der Waals surface area contributed by atoms with Crippen molar-refractivity contribution in [1.29, 1.82) is 0 Å². The highest BCUT2D eigenvalue weighted by Gasteiger charge is 2.35. The Balaban J connectivity index is 0.00000200. The first-order valence-electron chi connectivity index (χ1n) is 5.90. The van der Waals surface area contributed by atoms with Gasteiger partial charge in [-0.3, -0.25) is 10.1 Å². The number of hydrogen-bond acceptors (Lipinski definition) is 5. The lowest BCUT2D eigenvalue weighted by molar-refractivity contribution is -0.387. The molecule has 9 heteroatoms. The fourth-order valence-corrected chi connectivity index (χ4v) is 3.92. The van der Waals surface area contributed by atoms with Crippen molar-refractivity contribution in [2.45, 2.75) is 17.9 Å². The summed E-state index contributed by atoms with van der Waals surface area (Å²) in [5.41, 5.74) is -0.381. The highest BCUT2D eigenvalue weighted by Crippen LogP contribution is 2.27. The molecular formula is C11H16ClN3O4S. The lowest BCUT2D eigenvalue weighted by Gasteiger charge is -2.32. The summed E-state index contributed by atoms with van der Waals surface area (Å²) in [6.45, 7) is 3.18. The first-order valence-corrected chi connectivity index (χ1v) is 7.34. The van der Waals surface area contributed by atoms with Crippen LogP contribution in [0.15, 0.2) is 29.2 Å². The quantitative estimate of drug-likeness (QED) is 0.662. The van der Waals surface area contributed by atoms with Gasteiger partial charge in [-0.05, 0) is 13.0 Å². The van der Waals surface area contributed by atoms with Crippen molar-refractivity contribution >= 4 is 28.1 Å². The van der Waals surface area contributed by atoms with Crippen molar-refractivity contribution in [2.75, 3.05) is 19.6 Å². The number of hydrogen-bond donors (Lipinski definition) is 1. The van der Waals surface area contributed by atoms with Gasteiger partial charge in [0.1, 0.15) is 0 Å². The van der Waals surface area contributed by atoms with Gasteiger partial charge in [-0.25, -0.2) is 8.42 Å². The number of halogens is 1. The molecule has 112 valence electrons. The lowest BCUT2D eigenvalue weighted by Crippen LogP contribution is -2.52. The summed E-state index contributed by atoms with van der Waals surface area (Å²) in [7, 11) is -3.84. The Hall–Kier alpha value is -1.22. The van der Waals surface area contributed by atoms with Gasteiger partial charge >= 0.3 is 0 Å². The molecule has 1 aliphatic rings. The number of nitrogens with one attached hydrogen (secondary N) is 1. The molecule has 0 spiro atoms. The second-order valence-corrected chi connectivity index (χ2v) is 6.25. The van der Waals surface area contributed by atoms with Crippen LogP contribution < -0.4 is 5.32 Å². The molecule has 7 nitrogen and oxygen atoms in total. The minimum Gasteiger partial charge on any atom is -0.314 e. The Morgan fingerprint density at radius 1 is 1.40 bits per heavy atom. The van der Waals surface area contributed by atoms with Crippen LogP contribution in [0.1, 0.15) is 6.92 Å². The van der Waals surface area contributed by atoms with Crippen LogP contribution >= 0.6 is 12.4 Å². The topological polar surface area (TPSA) is 92.6 Å². The molecule has 0 radical (unpaired) electrons. The molecule has 2 rings (SSSR count). The zero-order chi connectivity index (χ0) is 14.0. The normalized spacial score (nSPS) is 20.1. The highest BCUT2D eigenvalue weighted by molar-refractivity contribution is 7.89. The van der Waals surface area contributed by atoms with E-state index in [-0.39, 0.29) is 29.0 Å². The second-order valence-electron chi connectivity index (χ2n) is 4.39. The van der Waals surface area contributed by atoms with Crippen LogP contribution in [0.2, 0.25) is 0 Å². The Morgan fingerprint density at radius 3 is 2.65 bits per heavy atom. The number of sulfonamides is 1. The monoisotopic (exact) mass is 321 g/mol. The standard InChI is InChI=1S/C11H15N3O4S.ClH/c1-9-8-12-6-7-13(9)19(17,18)11-5-3-2-4-10(11)14(15)16;/h2-5,9,12H,6-8H2,1H3;1H/t9-;/m0./s1. The Kier molecular flexibility index (Phi) is 5.46. The summed E-state index contributed by atoms with van der Waals surface area (Å²) in [6, 6.07) is 5.21. The molecular weight excluding hydrogens is 306 g/mol. The van der Waals surface area contributed by atoms with Crippen LogP contribution in [0.5, 0.6) is 0 Å². The van der Waals surface area contributed by atoms with Crippen LogP contribution in [-0.4, -0.2) is 43.3 Å². The van der Waals surface area contributed by atoms with Crippen LogP contribution in [0, 0.1) is 10.1 Å². The molecule has 0 saturated carbocycles. The number of para-hydroxylation sites is 1. The van der Waals surface area contributed by atoms with Gasteiger partial charge in [0.25, 0.3) is 5.69 Å². The molecule has 0 aromatic heterocycles. The fourth-order valence-electron chi connectivity index (χ4n) is 2.13. The molecule has 1 N–H and O–H groups in total. The summed E-state index contributed by atoms with van der Waals surface area (Å²) in [5.74, 6) is 0. The van der Waals surface area contributed by atoms with Crippen LogP contribution in [0.4, 0.5) is 5.69 Å². The zero-order valence-electron chi connectivity index (χ0n) is 10.9. The van der Waals surface area contributed by atoms with Crippen LogP contribution in [-0.2, 0) is 10.0 Å². The van der Waals surface area contributed by atoms with E-state index in [1.54, 1.807) is 6.92 Å². The Morgan fingerprint density at radius 2 is 2.05 bits per heavy atom. The molecule has 0 amide bonds. The van der Waals surface area contributed by atoms with E-state index in [4.69, 9.17) is 0 Å².